The van der Waals surface area contributed by atoms with Crippen LogP contribution in [0.5, 0.6) is 0 Å². The molecule has 0 unspecified atom stereocenters. The van der Waals surface area contributed by atoms with Gasteiger partial charge in [0.2, 0.25) is 0 Å². The number of nitrogens with zero attached hydrogens (tertiary/aromatic N) is 1. The highest BCUT2D eigenvalue weighted by atomic mass is 35.5. The predicted molar refractivity (Wildman–Crippen MR) is 82.3 cm³/mol. The van der Waals surface area contributed by atoms with Gasteiger partial charge in [-0.3, -0.25) is 4.79 Å². The van der Waals surface area contributed by atoms with Gasteiger partial charge >= 0.3 is 0 Å². The van der Waals surface area contributed by atoms with Crippen molar-refractivity contribution in [1.29, 1.82) is 0 Å². The highest BCUT2D eigenvalue weighted by Crippen LogP contribution is 2.10. The first-order valence-electron chi connectivity index (χ1n) is 6.24. The van der Waals surface area contributed by atoms with Crippen molar-refractivity contribution in [3.63, 3.8) is 0 Å². The van der Waals surface area contributed by atoms with E-state index in [0.717, 1.165) is 16.8 Å². The third-order valence-electron chi connectivity index (χ3n) is 2.97. The van der Waals surface area contributed by atoms with Crippen LogP contribution in [0, 0.1) is 6.92 Å². The van der Waals surface area contributed by atoms with Crippen LogP contribution in [0.15, 0.2) is 53.6 Å². The van der Waals surface area contributed by atoms with E-state index >= 15 is 0 Å². The summed E-state index contributed by atoms with van der Waals surface area (Å²) in [6.07, 6.45) is 0. The Morgan fingerprint density at radius 1 is 1.10 bits per heavy atom. The van der Waals surface area contributed by atoms with E-state index in [9.17, 15) is 4.79 Å². The van der Waals surface area contributed by atoms with E-state index in [-0.39, 0.29) is 5.91 Å². The SMILES string of the molecule is C/C(=N/NC(=O)c1ccc(Cl)cc1)c1ccccc1C. The van der Waals surface area contributed by atoms with Gasteiger partial charge < -0.3 is 0 Å². The molecule has 0 saturated heterocycles. The first kappa shape index (κ1) is 14.3. The van der Waals surface area contributed by atoms with Gasteiger partial charge in [0.05, 0.1) is 5.71 Å². The number of benzene rings is 2. The van der Waals surface area contributed by atoms with Crippen molar-refractivity contribution in [1.82, 2.24) is 5.43 Å². The Kier molecular flexibility index (Phi) is 4.53. The summed E-state index contributed by atoms with van der Waals surface area (Å²) < 4.78 is 0. The number of hydrogen-bond acceptors (Lipinski definition) is 2. The Labute approximate surface area is 123 Å². The number of carbonyl (C=O) groups excluding carboxylic acids is 1. The molecule has 3 nitrogen and oxygen atoms in total. The van der Waals surface area contributed by atoms with E-state index in [1.54, 1.807) is 24.3 Å². The van der Waals surface area contributed by atoms with Crippen LogP contribution < -0.4 is 5.43 Å². The molecule has 0 spiro atoms. The topological polar surface area (TPSA) is 41.5 Å². The largest absolute Gasteiger partial charge is 0.271 e. The summed E-state index contributed by atoms with van der Waals surface area (Å²) in [5, 5.41) is 4.74. The van der Waals surface area contributed by atoms with Crippen LogP contribution in [0.2, 0.25) is 5.02 Å². The minimum absolute atomic E-state index is 0.255. The minimum atomic E-state index is -0.255. The average molecular weight is 287 g/mol. The molecule has 0 radical (unpaired) electrons. The molecule has 0 aromatic heterocycles. The molecule has 0 heterocycles. The van der Waals surface area contributed by atoms with Gasteiger partial charge in [0.1, 0.15) is 0 Å². The number of carbonyl (C=O) groups is 1. The molecule has 2 aromatic carbocycles. The molecule has 2 aromatic rings. The fraction of sp³-hybridized carbons (Fsp3) is 0.125. The fourth-order valence-electron chi connectivity index (χ4n) is 1.84. The fourth-order valence-corrected chi connectivity index (χ4v) is 1.97. The van der Waals surface area contributed by atoms with Crippen molar-refractivity contribution in [3.05, 3.63) is 70.2 Å². The lowest BCUT2D eigenvalue weighted by Gasteiger charge is -2.05. The molecule has 0 aliphatic carbocycles. The first-order chi connectivity index (χ1) is 9.58. The average Bonchev–Trinajstić information content (AvgIpc) is 2.45. The van der Waals surface area contributed by atoms with E-state index in [2.05, 4.69) is 10.5 Å². The molecule has 0 saturated carbocycles. The standard InChI is InChI=1S/C16H15ClN2O/c1-11-5-3-4-6-15(11)12(2)18-19-16(20)13-7-9-14(17)10-8-13/h3-10H,1-2H3,(H,19,20)/b18-12-. The summed E-state index contributed by atoms with van der Waals surface area (Å²) in [6, 6.07) is 14.6. The number of hydrogen-bond donors (Lipinski definition) is 1. The van der Waals surface area contributed by atoms with Crippen molar-refractivity contribution in [3.8, 4) is 0 Å². The van der Waals surface area contributed by atoms with E-state index in [4.69, 9.17) is 11.6 Å². The van der Waals surface area contributed by atoms with Gasteiger partial charge in [-0.15, -0.1) is 0 Å². The molecule has 1 amide bonds. The van der Waals surface area contributed by atoms with Gasteiger partial charge in [0.25, 0.3) is 5.91 Å². The Morgan fingerprint density at radius 3 is 2.40 bits per heavy atom. The van der Waals surface area contributed by atoms with Gasteiger partial charge in [-0.25, -0.2) is 5.43 Å². The van der Waals surface area contributed by atoms with E-state index < -0.39 is 0 Å². The highest BCUT2D eigenvalue weighted by Gasteiger charge is 2.05. The van der Waals surface area contributed by atoms with Crippen LogP contribution in [0.25, 0.3) is 0 Å². The van der Waals surface area contributed by atoms with Gasteiger partial charge in [0, 0.05) is 16.1 Å². The summed E-state index contributed by atoms with van der Waals surface area (Å²) in [5.41, 5.74) is 5.98. The maximum absolute atomic E-state index is 11.9. The summed E-state index contributed by atoms with van der Waals surface area (Å²) in [5.74, 6) is -0.255. The lowest BCUT2D eigenvalue weighted by Crippen LogP contribution is -2.19. The number of rotatable bonds is 3. The van der Waals surface area contributed by atoms with Gasteiger partial charge in [-0.05, 0) is 43.7 Å². The summed E-state index contributed by atoms with van der Waals surface area (Å²) in [6.45, 7) is 3.87. The van der Waals surface area contributed by atoms with E-state index in [1.807, 2.05) is 38.1 Å². The Hall–Kier alpha value is -2.13. The van der Waals surface area contributed by atoms with Crippen LogP contribution in [0.3, 0.4) is 0 Å². The lowest BCUT2D eigenvalue weighted by atomic mass is 10.1. The molecule has 0 fully saturated rings. The molecule has 0 aliphatic heterocycles. The molecule has 2 rings (SSSR count). The minimum Gasteiger partial charge on any atom is -0.267 e. The molecule has 1 N–H and O–H groups in total. The lowest BCUT2D eigenvalue weighted by molar-refractivity contribution is 0.0955. The molecule has 102 valence electrons. The summed E-state index contributed by atoms with van der Waals surface area (Å²) in [4.78, 5) is 11.9. The monoisotopic (exact) mass is 286 g/mol. The van der Waals surface area contributed by atoms with E-state index in [0.29, 0.717) is 10.6 Å². The van der Waals surface area contributed by atoms with Gasteiger partial charge in [-0.2, -0.15) is 5.10 Å². The Balaban J connectivity index is 2.11. The molecule has 0 aliphatic rings. The second-order valence-electron chi connectivity index (χ2n) is 4.46. The van der Waals surface area contributed by atoms with Gasteiger partial charge in [0.15, 0.2) is 0 Å². The molecule has 0 atom stereocenters. The third-order valence-corrected chi connectivity index (χ3v) is 3.22. The van der Waals surface area contributed by atoms with Crippen molar-refractivity contribution in [2.45, 2.75) is 13.8 Å². The quantitative estimate of drug-likeness (QED) is 0.677. The normalized spacial score (nSPS) is 11.2. The number of nitrogens with one attached hydrogen (secondary N) is 1. The van der Waals surface area contributed by atoms with Crippen molar-refractivity contribution in [2.75, 3.05) is 0 Å². The summed E-state index contributed by atoms with van der Waals surface area (Å²) in [7, 11) is 0. The zero-order valence-electron chi connectivity index (χ0n) is 11.4. The maximum Gasteiger partial charge on any atom is 0.271 e. The van der Waals surface area contributed by atoms with Crippen LogP contribution in [0.1, 0.15) is 28.4 Å². The smallest absolute Gasteiger partial charge is 0.267 e. The molecular weight excluding hydrogens is 272 g/mol. The van der Waals surface area contributed by atoms with Crippen LogP contribution in [0.4, 0.5) is 0 Å². The molecular formula is C16H15ClN2O. The summed E-state index contributed by atoms with van der Waals surface area (Å²) >= 11 is 5.78. The van der Waals surface area contributed by atoms with Crippen molar-refractivity contribution < 1.29 is 4.79 Å². The molecule has 4 heteroatoms. The predicted octanol–water partition coefficient (Wildman–Crippen LogP) is 3.80. The Bertz CT molecular complexity index is 648. The number of amides is 1. The van der Waals surface area contributed by atoms with Crippen LogP contribution in [-0.4, -0.2) is 11.6 Å². The first-order valence-corrected chi connectivity index (χ1v) is 6.62. The second-order valence-corrected chi connectivity index (χ2v) is 4.90. The molecule has 20 heavy (non-hydrogen) atoms. The Morgan fingerprint density at radius 2 is 1.75 bits per heavy atom. The number of halogens is 1. The van der Waals surface area contributed by atoms with Crippen molar-refractivity contribution >= 4 is 23.2 Å². The van der Waals surface area contributed by atoms with Crippen LogP contribution in [-0.2, 0) is 0 Å². The molecule has 0 bridgehead atoms. The third kappa shape index (κ3) is 3.45. The number of aryl methyl sites for hydroxylation is 1. The highest BCUT2D eigenvalue weighted by molar-refractivity contribution is 6.30. The van der Waals surface area contributed by atoms with Crippen molar-refractivity contribution in [2.24, 2.45) is 5.10 Å². The van der Waals surface area contributed by atoms with Gasteiger partial charge in [-0.1, -0.05) is 35.9 Å². The number of hydrazone groups is 1. The maximum atomic E-state index is 11.9. The van der Waals surface area contributed by atoms with E-state index in [1.165, 1.54) is 0 Å². The zero-order chi connectivity index (χ0) is 14.5. The zero-order valence-corrected chi connectivity index (χ0v) is 12.1. The van der Waals surface area contributed by atoms with Crippen LogP contribution >= 0.6 is 11.6 Å². The second kappa shape index (κ2) is 6.35.